The van der Waals surface area contributed by atoms with Gasteiger partial charge in [-0.05, 0) is 36.8 Å². The molecule has 138 valence electrons. The summed E-state index contributed by atoms with van der Waals surface area (Å²) in [5.74, 6) is -1.38. The van der Waals surface area contributed by atoms with Crippen LogP contribution < -0.4 is 5.32 Å². The number of thiocarbonyl (C=S) groups is 1. The van der Waals surface area contributed by atoms with Crippen LogP contribution in [0.3, 0.4) is 0 Å². The molecule has 1 saturated heterocycles. The van der Waals surface area contributed by atoms with E-state index in [9.17, 15) is 19.7 Å². The van der Waals surface area contributed by atoms with Crippen LogP contribution in [0.1, 0.15) is 23.0 Å². The van der Waals surface area contributed by atoms with Crippen molar-refractivity contribution in [1.29, 1.82) is 0 Å². The number of benzene rings is 1. The number of furan rings is 1. The van der Waals surface area contributed by atoms with Gasteiger partial charge in [-0.15, -0.1) is 0 Å². The van der Waals surface area contributed by atoms with Crippen molar-refractivity contribution in [1.82, 2.24) is 4.90 Å². The first-order valence-electron chi connectivity index (χ1n) is 7.80. The number of hydrogen-bond acceptors (Lipinski definition) is 7. The van der Waals surface area contributed by atoms with E-state index in [0.29, 0.717) is 21.5 Å². The highest BCUT2D eigenvalue weighted by atomic mass is 32.2. The van der Waals surface area contributed by atoms with Gasteiger partial charge in [-0.25, -0.2) is 0 Å². The zero-order valence-corrected chi connectivity index (χ0v) is 15.6. The first-order valence-corrected chi connectivity index (χ1v) is 9.02. The molecule has 8 nitrogen and oxygen atoms in total. The van der Waals surface area contributed by atoms with Gasteiger partial charge >= 0.3 is 5.88 Å². The Kier molecular flexibility index (Phi) is 5.38. The third kappa shape index (κ3) is 4.07. The SMILES string of the molecule is CCN1C(=O)C(=Cc2ccc(NC(=O)c3ccc([N+](=O)[O-])o3)cc2)SC1=S. The molecule has 0 aliphatic carbocycles. The minimum absolute atomic E-state index is 0.121. The van der Waals surface area contributed by atoms with Crippen molar-refractivity contribution in [2.45, 2.75) is 6.92 Å². The van der Waals surface area contributed by atoms with Crippen LogP contribution in [0.25, 0.3) is 6.08 Å². The molecule has 0 bridgehead atoms. The van der Waals surface area contributed by atoms with E-state index in [1.54, 1.807) is 30.3 Å². The molecule has 1 aliphatic rings. The molecule has 0 saturated carbocycles. The van der Waals surface area contributed by atoms with E-state index in [1.165, 1.54) is 22.7 Å². The summed E-state index contributed by atoms with van der Waals surface area (Å²) in [5, 5.41) is 13.2. The molecule has 2 heterocycles. The lowest BCUT2D eigenvalue weighted by molar-refractivity contribution is -0.402. The highest BCUT2D eigenvalue weighted by molar-refractivity contribution is 8.26. The third-order valence-electron chi connectivity index (χ3n) is 3.65. The fourth-order valence-corrected chi connectivity index (χ4v) is 3.71. The molecule has 1 aromatic carbocycles. The van der Waals surface area contributed by atoms with Gasteiger partial charge in [-0.3, -0.25) is 24.6 Å². The monoisotopic (exact) mass is 403 g/mol. The first-order chi connectivity index (χ1) is 12.9. The molecule has 2 amide bonds. The van der Waals surface area contributed by atoms with Gasteiger partial charge in [0.05, 0.1) is 11.0 Å². The van der Waals surface area contributed by atoms with Crippen molar-refractivity contribution in [3.8, 4) is 0 Å². The zero-order chi connectivity index (χ0) is 19.6. The quantitative estimate of drug-likeness (QED) is 0.351. The van der Waals surface area contributed by atoms with Crippen LogP contribution in [-0.2, 0) is 4.79 Å². The standard InChI is InChI=1S/C17H13N3O5S2/c1-2-19-16(22)13(27-17(19)26)9-10-3-5-11(6-4-10)18-15(21)12-7-8-14(25-12)20(23)24/h3-9H,2H2,1H3,(H,18,21). The maximum Gasteiger partial charge on any atom is 0.433 e. The number of thioether (sulfide) groups is 1. The summed E-state index contributed by atoms with van der Waals surface area (Å²) >= 11 is 6.42. The molecular weight excluding hydrogens is 390 g/mol. The highest BCUT2D eigenvalue weighted by Gasteiger charge is 2.30. The number of likely N-dealkylation sites (N-methyl/N-ethyl adjacent to an activating group) is 1. The average Bonchev–Trinajstić information content (AvgIpc) is 3.22. The van der Waals surface area contributed by atoms with Crippen LogP contribution in [-0.4, -0.2) is 32.5 Å². The predicted molar refractivity (Wildman–Crippen MR) is 105 cm³/mol. The topological polar surface area (TPSA) is 106 Å². The maximum atomic E-state index is 12.2. The summed E-state index contributed by atoms with van der Waals surface area (Å²) in [6.07, 6.45) is 1.73. The maximum absolute atomic E-state index is 12.2. The van der Waals surface area contributed by atoms with Crippen molar-refractivity contribution in [3.05, 3.63) is 62.7 Å². The Bertz CT molecular complexity index is 965. The summed E-state index contributed by atoms with van der Waals surface area (Å²) < 4.78 is 5.39. The number of carbonyl (C=O) groups excluding carboxylic acids is 2. The van der Waals surface area contributed by atoms with Gasteiger partial charge in [0.1, 0.15) is 9.24 Å². The molecule has 27 heavy (non-hydrogen) atoms. The lowest BCUT2D eigenvalue weighted by Crippen LogP contribution is -2.27. The number of rotatable bonds is 5. The van der Waals surface area contributed by atoms with E-state index in [4.69, 9.17) is 16.6 Å². The molecule has 10 heteroatoms. The molecule has 0 unspecified atom stereocenters. The molecule has 0 radical (unpaired) electrons. The Morgan fingerprint density at radius 3 is 2.59 bits per heavy atom. The van der Waals surface area contributed by atoms with Gasteiger partial charge in [0.2, 0.25) is 0 Å². The summed E-state index contributed by atoms with van der Waals surface area (Å²) in [7, 11) is 0. The second-order valence-corrected chi connectivity index (χ2v) is 7.07. The molecule has 1 aromatic heterocycles. The van der Waals surface area contributed by atoms with Gasteiger partial charge in [0.15, 0.2) is 5.76 Å². The van der Waals surface area contributed by atoms with Gasteiger partial charge in [-0.2, -0.15) is 0 Å². The molecule has 2 aromatic rings. The molecule has 1 fully saturated rings. The van der Waals surface area contributed by atoms with Crippen LogP contribution in [0, 0.1) is 10.1 Å². The van der Waals surface area contributed by atoms with Crippen LogP contribution in [0.15, 0.2) is 45.7 Å². The van der Waals surface area contributed by atoms with Crippen LogP contribution in [0.2, 0.25) is 0 Å². The van der Waals surface area contributed by atoms with Crippen molar-refractivity contribution in [3.63, 3.8) is 0 Å². The summed E-state index contributed by atoms with van der Waals surface area (Å²) in [4.78, 5) is 36.2. The molecule has 0 atom stereocenters. The minimum atomic E-state index is -0.716. The Balaban J connectivity index is 1.69. The fourth-order valence-electron chi connectivity index (χ4n) is 2.33. The van der Waals surface area contributed by atoms with Crippen molar-refractivity contribution >= 4 is 57.8 Å². The van der Waals surface area contributed by atoms with Crippen LogP contribution in [0.5, 0.6) is 0 Å². The summed E-state index contributed by atoms with van der Waals surface area (Å²) in [6.45, 7) is 2.39. The van der Waals surface area contributed by atoms with E-state index in [-0.39, 0.29) is 11.7 Å². The predicted octanol–water partition coefficient (Wildman–Crippen LogP) is 3.66. The number of carbonyl (C=O) groups is 2. The summed E-state index contributed by atoms with van der Waals surface area (Å²) in [6, 6.07) is 9.13. The molecule has 0 spiro atoms. The Hall–Kier alpha value is -2.98. The molecule has 1 N–H and O–H groups in total. The molecule has 3 rings (SSSR count). The number of amides is 2. The van der Waals surface area contributed by atoms with E-state index < -0.39 is 16.7 Å². The second-order valence-electron chi connectivity index (χ2n) is 5.40. The number of nitrogens with zero attached hydrogens (tertiary/aromatic N) is 2. The van der Waals surface area contributed by atoms with E-state index >= 15 is 0 Å². The first kappa shape index (κ1) is 18.8. The van der Waals surface area contributed by atoms with Gasteiger partial charge in [-0.1, -0.05) is 36.1 Å². The lowest BCUT2D eigenvalue weighted by atomic mass is 10.2. The Morgan fingerprint density at radius 2 is 2.04 bits per heavy atom. The lowest BCUT2D eigenvalue weighted by Gasteiger charge is -2.09. The normalized spacial score (nSPS) is 15.4. The third-order valence-corrected chi connectivity index (χ3v) is 5.03. The van der Waals surface area contributed by atoms with Gasteiger partial charge in [0, 0.05) is 12.2 Å². The minimum Gasteiger partial charge on any atom is -0.395 e. The van der Waals surface area contributed by atoms with Crippen LogP contribution in [0.4, 0.5) is 11.6 Å². The smallest absolute Gasteiger partial charge is 0.395 e. The highest BCUT2D eigenvalue weighted by Crippen LogP contribution is 2.32. The van der Waals surface area contributed by atoms with E-state index in [1.807, 2.05) is 6.92 Å². The van der Waals surface area contributed by atoms with E-state index in [2.05, 4.69) is 5.32 Å². The van der Waals surface area contributed by atoms with Crippen LogP contribution >= 0.6 is 24.0 Å². The zero-order valence-electron chi connectivity index (χ0n) is 14.0. The van der Waals surface area contributed by atoms with E-state index in [0.717, 1.165) is 11.6 Å². The number of nitrogens with one attached hydrogen (secondary N) is 1. The Labute approximate surface area is 163 Å². The number of anilines is 1. The van der Waals surface area contributed by atoms with Crippen molar-refractivity contribution in [2.24, 2.45) is 0 Å². The Morgan fingerprint density at radius 1 is 1.33 bits per heavy atom. The fraction of sp³-hybridized carbons (Fsp3) is 0.118. The number of nitro groups is 1. The molecular formula is C17H13N3O5S2. The van der Waals surface area contributed by atoms with Crippen molar-refractivity contribution in [2.75, 3.05) is 11.9 Å². The van der Waals surface area contributed by atoms with Gasteiger partial charge in [0.25, 0.3) is 11.8 Å². The van der Waals surface area contributed by atoms with Crippen molar-refractivity contribution < 1.29 is 18.9 Å². The summed E-state index contributed by atoms with van der Waals surface area (Å²) in [5.41, 5.74) is 1.26. The largest absolute Gasteiger partial charge is 0.433 e. The second kappa shape index (κ2) is 7.72. The molecule has 1 aliphatic heterocycles. The average molecular weight is 403 g/mol. The number of hydrogen-bond donors (Lipinski definition) is 1. The van der Waals surface area contributed by atoms with Gasteiger partial charge < -0.3 is 9.73 Å².